The zero-order valence-electron chi connectivity index (χ0n) is 9.12. The lowest BCUT2D eigenvalue weighted by Gasteiger charge is -2.11. The second kappa shape index (κ2) is 3.99. The maximum absolute atomic E-state index is 9.35. The molecule has 1 heterocycles. The van der Waals surface area contributed by atoms with Gasteiger partial charge in [-0.25, -0.2) is 0 Å². The maximum Gasteiger partial charge on any atom is 0.0708 e. The van der Waals surface area contributed by atoms with Crippen molar-refractivity contribution in [2.45, 2.75) is 26.9 Å². The van der Waals surface area contributed by atoms with E-state index in [-0.39, 0.29) is 6.61 Å². The molecule has 1 N–H and O–H groups in total. The summed E-state index contributed by atoms with van der Waals surface area (Å²) < 4.78 is 0. The van der Waals surface area contributed by atoms with Gasteiger partial charge in [0.15, 0.2) is 0 Å². The van der Waals surface area contributed by atoms with Crippen molar-refractivity contribution in [1.82, 2.24) is 4.98 Å². The summed E-state index contributed by atoms with van der Waals surface area (Å²) in [6.07, 6.45) is 0.930. The molecule has 0 saturated heterocycles. The van der Waals surface area contributed by atoms with Gasteiger partial charge in [0, 0.05) is 16.6 Å². The van der Waals surface area contributed by atoms with E-state index < -0.39 is 0 Å². The molecule has 0 aliphatic rings. The fourth-order valence-electron chi connectivity index (χ4n) is 2.07. The highest BCUT2D eigenvalue weighted by molar-refractivity contribution is 5.83. The third-order valence-corrected chi connectivity index (χ3v) is 2.83. The van der Waals surface area contributed by atoms with Crippen LogP contribution in [0.5, 0.6) is 0 Å². The van der Waals surface area contributed by atoms with E-state index in [0.29, 0.717) is 0 Å². The Kier molecular flexibility index (Phi) is 2.69. The van der Waals surface area contributed by atoms with Gasteiger partial charge in [-0.1, -0.05) is 25.1 Å². The van der Waals surface area contributed by atoms with Crippen molar-refractivity contribution in [3.8, 4) is 0 Å². The lowest BCUT2D eigenvalue weighted by molar-refractivity contribution is 0.279. The fraction of sp³-hybridized carbons (Fsp3) is 0.308. The SMILES string of the molecule is CCc1c(CO)c(C)nc2ccccc12. The molecule has 1 aromatic heterocycles. The summed E-state index contributed by atoms with van der Waals surface area (Å²) in [6, 6.07) is 8.09. The number of hydrogen-bond acceptors (Lipinski definition) is 2. The van der Waals surface area contributed by atoms with Gasteiger partial charge in [0.2, 0.25) is 0 Å². The Labute approximate surface area is 89.6 Å². The predicted octanol–water partition coefficient (Wildman–Crippen LogP) is 2.60. The van der Waals surface area contributed by atoms with Crippen molar-refractivity contribution < 1.29 is 5.11 Å². The van der Waals surface area contributed by atoms with E-state index in [0.717, 1.165) is 28.6 Å². The van der Waals surface area contributed by atoms with Gasteiger partial charge in [0.1, 0.15) is 0 Å². The molecule has 1 aromatic carbocycles. The first-order chi connectivity index (χ1) is 7.27. The van der Waals surface area contributed by atoms with Crippen molar-refractivity contribution in [2.24, 2.45) is 0 Å². The van der Waals surface area contributed by atoms with Crippen molar-refractivity contribution in [1.29, 1.82) is 0 Å². The summed E-state index contributed by atoms with van der Waals surface area (Å²) in [5.74, 6) is 0. The molecule has 0 unspecified atom stereocenters. The predicted molar refractivity (Wildman–Crippen MR) is 61.8 cm³/mol. The standard InChI is InChI=1S/C13H15NO/c1-3-10-11-6-4-5-7-13(11)14-9(2)12(10)8-15/h4-7,15H,3,8H2,1-2H3. The number of fused-ring (bicyclic) bond motifs is 1. The summed E-state index contributed by atoms with van der Waals surface area (Å²) in [4.78, 5) is 4.50. The minimum atomic E-state index is 0.0762. The topological polar surface area (TPSA) is 33.1 Å². The Balaban J connectivity index is 2.84. The van der Waals surface area contributed by atoms with E-state index in [4.69, 9.17) is 0 Å². The molecular formula is C13H15NO. The molecule has 0 aliphatic carbocycles. The first-order valence-electron chi connectivity index (χ1n) is 5.26. The summed E-state index contributed by atoms with van der Waals surface area (Å²) in [7, 11) is 0. The highest BCUT2D eigenvalue weighted by Gasteiger charge is 2.09. The maximum atomic E-state index is 9.35. The molecule has 0 saturated carbocycles. The number of aryl methyl sites for hydroxylation is 2. The zero-order chi connectivity index (χ0) is 10.8. The van der Waals surface area contributed by atoms with Crippen LogP contribution in [-0.4, -0.2) is 10.1 Å². The van der Waals surface area contributed by atoms with Crippen molar-refractivity contribution in [2.75, 3.05) is 0 Å². The van der Waals surface area contributed by atoms with Crippen LogP contribution < -0.4 is 0 Å². The number of aliphatic hydroxyl groups is 1. The number of para-hydroxylation sites is 1. The van der Waals surface area contributed by atoms with Crippen LogP contribution >= 0.6 is 0 Å². The molecule has 0 radical (unpaired) electrons. The molecule has 2 aromatic rings. The van der Waals surface area contributed by atoms with Crippen LogP contribution in [0, 0.1) is 6.92 Å². The van der Waals surface area contributed by atoms with Gasteiger partial charge < -0.3 is 5.11 Å². The molecule has 78 valence electrons. The summed E-state index contributed by atoms with van der Waals surface area (Å²) in [5, 5.41) is 10.5. The summed E-state index contributed by atoms with van der Waals surface area (Å²) in [6.45, 7) is 4.14. The number of rotatable bonds is 2. The van der Waals surface area contributed by atoms with Gasteiger partial charge in [0.25, 0.3) is 0 Å². The highest BCUT2D eigenvalue weighted by Crippen LogP contribution is 2.23. The largest absolute Gasteiger partial charge is 0.392 e. The van der Waals surface area contributed by atoms with E-state index >= 15 is 0 Å². The lowest BCUT2D eigenvalue weighted by atomic mass is 9.99. The highest BCUT2D eigenvalue weighted by atomic mass is 16.3. The quantitative estimate of drug-likeness (QED) is 0.810. The second-order valence-electron chi connectivity index (χ2n) is 3.68. The molecule has 2 rings (SSSR count). The van der Waals surface area contributed by atoms with E-state index in [9.17, 15) is 5.11 Å². The smallest absolute Gasteiger partial charge is 0.0708 e. The summed E-state index contributed by atoms with van der Waals surface area (Å²) >= 11 is 0. The molecule has 0 amide bonds. The first-order valence-corrected chi connectivity index (χ1v) is 5.26. The van der Waals surface area contributed by atoms with Gasteiger partial charge in [0.05, 0.1) is 12.1 Å². The van der Waals surface area contributed by atoms with Crippen molar-refractivity contribution in [3.05, 3.63) is 41.1 Å². The van der Waals surface area contributed by atoms with Crippen LogP contribution in [0.15, 0.2) is 24.3 Å². The fourth-order valence-corrected chi connectivity index (χ4v) is 2.07. The van der Waals surface area contributed by atoms with Gasteiger partial charge in [-0.05, 0) is 25.0 Å². The molecule has 0 atom stereocenters. The molecule has 0 spiro atoms. The average Bonchev–Trinajstić information content (AvgIpc) is 2.27. The third-order valence-electron chi connectivity index (χ3n) is 2.83. The molecule has 0 fully saturated rings. The van der Waals surface area contributed by atoms with E-state index in [1.165, 1.54) is 5.56 Å². The number of hydrogen-bond donors (Lipinski definition) is 1. The van der Waals surface area contributed by atoms with Crippen LogP contribution in [0.3, 0.4) is 0 Å². The Hall–Kier alpha value is -1.41. The Morgan fingerprint density at radius 1 is 1.20 bits per heavy atom. The van der Waals surface area contributed by atoms with Gasteiger partial charge in [-0.15, -0.1) is 0 Å². The molecule has 0 bridgehead atoms. The van der Waals surface area contributed by atoms with E-state index in [1.54, 1.807) is 0 Å². The van der Waals surface area contributed by atoms with Crippen LogP contribution in [0.25, 0.3) is 10.9 Å². The number of benzene rings is 1. The molecule has 15 heavy (non-hydrogen) atoms. The Morgan fingerprint density at radius 2 is 1.93 bits per heavy atom. The van der Waals surface area contributed by atoms with Gasteiger partial charge >= 0.3 is 0 Å². The third kappa shape index (κ3) is 1.61. The lowest BCUT2D eigenvalue weighted by Crippen LogP contribution is -2.00. The minimum absolute atomic E-state index is 0.0762. The second-order valence-corrected chi connectivity index (χ2v) is 3.68. The first kappa shape index (κ1) is 10.1. The van der Waals surface area contributed by atoms with Gasteiger partial charge in [-0.3, -0.25) is 4.98 Å². The minimum Gasteiger partial charge on any atom is -0.392 e. The number of pyridine rings is 1. The number of nitrogens with zero attached hydrogens (tertiary/aromatic N) is 1. The monoisotopic (exact) mass is 201 g/mol. The molecule has 2 heteroatoms. The van der Waals surface area contributed by atoms with E-state index in [2.05, 4.69) is 18.0 Å². The van der Waals surface area contributed by atoms with Crippen LogP contribution in [-0.2, 0) is 13.0 Å². The molecule has 0 aliphatic heterocycles. The van der Waals surface area contributed by atoms with Crippen LogP contribution in [0.4, 0.5) is 0 Å². The molecular weight excluding hydrogens is 186 g/mol. The van der Waals surface area contributed by atoms with Crippen LogP contribution in [0.1, 0.15) is 23.7 Å². The Bertz CT molecular complexity index is 491. The van der Waals surface area contributed by atoms with Gasteiger partial charge in [-0.2, -0.15) is 0 Å². The summed E-state index contributed by atoms with van der Waals surface area (Å²) in [5.41, 5.74) is 4.16. The van der Waals surface area contributed by atoms with Crippen molar-refractivity contribution >= 4 is 10.9 Å². The average molecular weight is 201 g/mol. The van der Waals surface area contributed by atoms with Crippen molar-refractivity contribution in [3.63, 3.8) is 0 Å². The number of aromatic nitrogens is 1. The normalized spacial score (nSPS) is 10.9. The zero-order valence-corrected chi connectivity index (χ0v) is 9.12. The Morgan fingerprint density at radius 3 is 2.60 bits per heavy atom. The van der Waals surface area contributed by atoms with Crippen LogP contribution in [0.2, 0.25) is 0 Å². The molecule has 2 nitrogen and oxygen atoms in total. The number of aliphatic hydroxyl groups excluding tert-OH is 1. The van der Waals surface area contributed by atoms with E-state index in [1.807, 2.05) is 25.1 Å².